The van der Waals surface area contributed by atoms with E-state index in [1.807, 2.05) is 0 Å². The molecule has 0 unspecified atom stereocenters. The zero-order valence-corrected chi connectivity index (χ0v) is 16.2. The number of para-hydroxylation sites is 1. The van der Waals surface area contributed by atoms with Gasteiger partial charge in [0.15, 0.2) is 0 Å². The molecule has 2 N–H and O–H groups in total. The number of halogens is 1. The number of nitrogens with one attached hydrogen (secondary N) is 2. The van der Waals surface area contributed by atoms with E-state index in [1.165, 1.54) is 24.3 Å². The third-order valence-corrected chi connectivity index (χ3v) is 4.98. The van der Waals surface area contributed by atoms with Gasteiger partial charge in [-0.2, -0.15) is 4.80 Å². The number of hydrogen-bond donors (Lipinski definition) is 2. The Morgan fingerprint density at radius 1 is 1.07 bits per heavy atom. The molecule has 1 heterocycles. The van der Waals surface area contributed by atoms with Crippen molar-refractivity contribution in [3.8, 4) is 11.4 Å². The van der Waals surface area contributed by atoms with Crippen molar-refractivity contribution in [2.75, 3.05) is 5.32 Å². The lowest BCUT2D eigenvalue weighted by Crippen LogP contribution is -2.33. The number of amides is 2. The second-order valence-electron chi connectivity index (χ2n) is 7.20. The first kappa shape index (κ1) is 19.7. The van der Waals surface area contributed by atoms with Crippen LogP contribution in [-0.4, -0.2) is 38.1 Å². The first-order valence-electron chi connectivity index (χ1n) is 9.82. The minimum Gasteiger partial charge on any atom is -0.349 e. The summed E-state index contributed by atoms with van der Waals surface area (Å²) in [6.45, 7) is -0.174. The summed E-state index contributed by atoms with van der Waals surface area (Å²) >= 11 is 0. The number of tetrazole rings is 1. The molecule has 1 saturated carbocycles. The Kier molecular flexibility index (Phi) is 5.78. The van der Waals surface area contributed by atoms with Gasteiger partial charge in [0.25, 0.3) is 5.91 Å². The number of carbonyl (C=O) groups excluding carboxylic acids is 2. The third kappa shape index (κ3) is 4.68. The second-order valence-corrected chi connectivity index (χ2v) is 7.20. The molecule has 1 fully saturated rings. The Hall–Kier alpha value is -3.62. The molecule has 3 aromatic rings. The molecule has 154 valence electrons. The van der Waals surface area contributed by atoms with Crippen LogP contribution >= 0.6 is 0 Å². The molecule has 0 saturated heterocycles. The first-order chi connectivity index (χ1) is 14.6. The Morgan fingerprint density at radius 3 is 2.57 bits per heavy atom. The predicted octanol–water partition coefficient (Wildman–Crippen LogP) is 2.79. The van der Waals surface area contributed by atoms with E-state index < -0.39 is 0 Å². The molecule has 1 aliphatic rings. The zero-order chi connectivity index (χ0) is 20.9. The van der Waals surface area contributed by atoms with E-state index in [4.69, 9.17) is 0 Å². The maximum Gasteiger partial charge on any atom is 0.253 e. The SMILES string of the molecule is O=C(Cn1nnc(-c2ccc(F)cc2)n1)Nc1ccccc1C(=O)NC1CCCC1. The highest BCUT2D eigenvalue weighted by Gasteiger charge is 2.20. The molecule has 2 aromatic carbocycles. The molecule has 2 amide bonds. The van der Waals surface area contributed by atoms with E-state index in [0.717, 1.165) is 30.5 Å². The van der Waals surface area contributed by atoms with Gasteiger partial charge in [0.1, 0.15) is 12.4 Å². The molecule has 1 aromatic heterocycles. The fourth-order valence-corrected chi connectivity index (χ4v) is 3.47. The number of nitrogens with zero attached hydrogens (tertiary/aromatic N) is 4. The normalized spacial score (nSPS) is 13.9. The van der Waals surface area contributed by atoms with E-state index in [-0.39, 0.29) is 30.2 Å². The van der Waals surface area contributed by atoms with Crippen molar-refractivity contribution in [3.05, 3.63) is 59.9 Å². The van der Waals surface area contributed by atoms with Gasteiger partial charge < -0.3 is 10.6 Å². The molecule has 4 rings (SSSR count). The van der Waals surface area contributed by atoms with Crippen LogP contribution < -0.4 is 10.6 Å². The van der Waals surface area contributed by atoms with Crippen LogP contribution in [0.25, 0.3) is 11.4 Å². The molecular weight excluding hydrogens is 387 g/mol. The molecular formula is C21H21FN6O2. The number of anilines is 1. The van der Waals surface area contributed by atoms with Gasteiger partial charge in [0, 0.05) is 11.6 Å². The Bertz CT molecular complexity index is 1040. The van der Waals surface area contributed by atoms with Crippen LogP contribution in [0.2, 0.25) is 0 Å². The molecule has 1 aliphatic carbocycles. The molecule has 0 spiro atoms. The lowest BCUT2D eigenvalue weighted by Gasteiger charge is -2.14. The Labute approximate surface area is 172 Å². The second kappa shape index (κ2) is 8.81. The van der Waals surface area contributed by atoms with Crippen LogP contribution in [0.15, 0.2) is 48.5 Å². The minimum absolute atomic E-state index is 0.174. The van der Waals surface area contributed by atoms with Gasteiger partial charge in [-0.3, -0.25) is 9.59 Å². The van der Waals surface area contributed by atoms with Crippen molar-refractivity contribution in [2.24, 2.45) is 0 Å². The first-order valence-corrected chi connectivity index (χ1v) is 9.82. The van der Waals surface area contributed by atoms with E-state index in [9.17, 15) is 14.0 Å². The van der Waals surface area contributed by atoms with Crippen LogP contribution in [0.1, 0.15) is 36.0 Å². The average molecular weight is 408 g/mol. The lowest BCUT2D eigenvalue weighted by molar-refractivity contribution is -0.117. The van der Waals surface area contributed by atoms with Crippen molar-refractivity contribution in [1.82, 2.24) is 25.5 Å². The van der Waals surface area contributed by atoms with E-state index in [2.05, 4.69) is 26.0 Å². The predicted molar refractivity (Wildman–Crippen MR) is 108 cm³/mol. The van der Waals surface area contributed by atoms with Crippen LogP contribution in [-0.2, 0) is 11.3 Å². The van der Waals surface area contributed by atoms with Gasteiger partial charge in [-0.15, -0.1) is 10.2 Å². The standard InChI is InChI=1S/C21H21FN6O2/c22-15-11-9-14(10-12-15)20-25-27-28(26-20)13-19(29)24-18-8-4-3-7-17(18)21(30)23-16-5-1-2-6-16/h3-4,7-12,16H,1-2,5-6,13H2,(H,23,30)(H,24,29). The average Bonchev–Trinajstić information content (AvgIpc) is 3.41. The lowest BCUT2D eigenvalue weighted by atomic mass is 10.1. The van der Waals surface area contributed by atoms with Gasteiger partial charge >= 0.3 is 0 Å². The number of hydrogen-bond acceptors (Lipinski definition) is 5. The van der Waals surface area contributed by atoms with Gasteiger partial charge in [0.05, 0.1) is 11.3 Å². The number of benzene rings is 2. The molecule has 0 radical (unpaired) electrons. The van der Waals surface area contributed by atoms with Crippen LogP contribution in [0.5, 0.6) is 0 Å². The quantitative estimate of drug-likeness (QED) is 0.653. The van der Waals surface area contributed by atoms with E-state index >= 15 is 0 Å². The monoisotopic (exact) mass is 408 g/mol. The van der Waals surface area contributed by atoms with Crippen molar-refractivity contribution in [2.45, 2.75) is 38.3 Å². The van der Waals surface area contributed by atoms with Crippen molar-refractivity contribution in [1.29, 1.82) is 0 Å². The van der Waals surface area contributed by atoms with Crippen LogP contribution in [0, 0.1) is 5.82 Å². The summed E-state index contributed by atoms with van der Waals surface area (Å²) in [6.07, 6.45) is 4.20. The summed E-state index contributed by atoms with van der Waals surface area (Å²) in [5.74, 6) is -0.658. The summed E-state index contributed by atoms with van der Waals surface area (Å²) in [5, 5.41) is 17.7. The molecule has 0 atom stereocenters. The molecule has 8 nitrogen and oxygen atoms in total. The van der Waals surface area contributed by atoms with E-state index in [1.54, 1.807) is 24.3 Å². The summed E-state index contributed by atoms with van der Waals surface area (Å²) in [5.41, 5.74) is 1.44. The molecule has 0 bridgehead atoms. The summed E-state index contributed by atoms with van der Waals surface area (Å²) in [7, 11) is 0. The fraction of sp³-hybridized carbons (Fsp3) is 0.286. The fourth-order valence-electron chi connectivity index (χ4n) is 3.47. The summed E-state index contributed by atoms with van der Waals surface area (Å²) in [4.78, 5) is 26.2. The third-order valence-electron chi connectivity index (χ3n) is 4.98. The minimum atomic E-state index is -0.390. The molecule has 9 heteroatoms. The Morgan fingerprint density at radius 2 is 1.80 bits per heavy atom. The van der Waals surface area contributed by atoms with Crippen molar-refractivity contribution < 1.29 is 14.0 Å². The number of rotatable bonds is 6. The highest BCUT2D eigenvalue weighted by molar-refractivity contribution is 6.03. The van der Waals surface area contributed by atoms with Gasteiger partial charge in [-0.1, -0.05) is 25.0 Å². The maximum absolute atomic E-state index is 13.0. The number of carbonyl (C=O) groups is 2. The van der Waals surface area contributed by atoms with E-state index in [0.29, 0.717) is 22.6 Å². The zero-order valence-electron chi connectivity index (χ0n) is 16.2. The van der Waals surface area contributed by atoms with Crippen molar-refractivity contribution in [3.63, 3.8) is 0 Å². The topological polar surface area (TPSA) is 102 Å². The van der Waals surface area contributed by atoms with Crippen LogP contribution in [0.3, 0.4) is 0 Å². The van der Waals surface area contributed by atoms with Gasteiger partial charge in [-0.05, 0) is 54.5 Å². The Balaban J connectivity index is 1.41. The summed E-state index contributed by atoms with van der Waals surface area (Å²) in [6, 6.07) is 12.7. The van der Waals surface area contributed by atoms with Gasteiger partial charge in [0.2, 0.25) is 11.7 Å². The maximum atomic E-state index is 13.0. The highest BCUT2D eigenvalue weighted by atomic mass is 19.1. The number of aromatic nitrogens is 4. The van der Waals surface area contributed by atoms with Crippen molar-refractivity contribution >= 4 is 17.5 Å². The van der Waals surface area contributed by atoms with Crippen LogP contribution in [0.4, 0.5) is 10.1 Å². The van der Waals surface area contributed by atoms with Gasteiger partial charge in [-0.25, -0.2) is 4.39 Å². The summed E-state index contributed by atoms with van der Waals surface area (Å²) < 4.78 is 13.0. The molecule has 30 heavy (non-hydrogen) atoms. The largest absolute Gasteiger partial charge is 0.349 e. The molecule has 0 aliphatic heterocycles. The smallest absolute Gasteiger partial charge is 0.253 e. The highest BCUT2D eigenvalue weighted by Crippen LogP contribution is 2.20.